The van der Waals surface area contributed by atoms with E-state index in [0.29, 0.717) is 17.8 Å². The number of piperidine rings is 1. The summed E-state index contributed by atoms with van der Waals surface area (Å²) in [6.45, 7) is 11.0. The Morgan fingerprint density at radius 3 is 2.48 bits per heavy atom. The lowest BCUT2D eigenvalue weighted by Gasteiger charge is -2.36. The van der Waals surface area contributed by atoms with E-state index in [1.807, 2.05) is 36.5 Å². The second kappa shape index (κ2) is 6.60. The number of carbonyl (C=O) groups is 1. The highest BCUT2D eigenvalue weighted by Gasteiger charge is 2.30. The zero-order valence-electron chi connectivity index (χ0n) is 14.0. The maximum Gasteiger partial charge on any atom is 0.272 e. The lowest BCUT2D eigenvalue weighted by atomic mass is 10.0. The maximum absolute atomic E-state index is 12.7. The minimum Gasteiger partial charge on any atom is -0.337 e. The van der Waals surface area contributed by atoms with Crippen molar-refractivity contribution < 1.29 is 9.69 Å². The Morgan fingerprint density at radius 2 is 1.95 bits per heavy atom. The van der Waals surface area contributed by atoms with Crippen LogP contribution in [0, 0.1) is 0 Å². The van der Waals surface area contributed by atoms with Gasteiger partial charge in [-0.25, -0.2) is 0 Å². The van der Waals surface area contributed by atoms with Gasteiger partial charge in [0.05, 0.1) is 19.1 Å². The van der Waals surface area contributed by atoms with Crippen LogP contribution in [0.1, 0.15) is 57.1 Å². The minimum absolute atomic E-state index is 0.0965. The van der Waals surface area contributed by atoms with Crippen LogP contribution in [0.5, 0.6) is 0 Å². The van der Waals surface area contributed by atoms with Crippen molar-refractivity contribution in [2.24, 2.45) is 0 Å². The fraction of sp³-hybridized carbons (Fsp3) is 0.750. The number of hydrogen-bond donors (Lipinski definition) is 1. The van der Waals surface area contributed by atoms with Crippen LogP contribution in [-0.4, -0.2) is 52.8 Å². The summed E-state index contributed by atoms with van der Waals surface area (Å²) in [6, 6.07) is 3.07. The molecule has 1 aliphatic heterocycles. The molecule has 1 aromatic rings. The van der Waals surface area contributed by atoms with E-state index in [1.165, 1.54) is 0 Å². The van der Waals surface area contributed by atoms with E-state index in [9.17, 15) is 4.79 Å². The molecule has 0 unspecified atom stereocenters. The van der Waals surface area contributed by atoms with E-state index < -0.39 is 0 Å². The zero-order valence-corrected chi connectivity index (χ0v) is 14.0. The molecule has 118 valence electrons. The topological polar surface area (TPSA) is 42.6 Å². The third-order valence-corrected chi connectivity index (χ3v) is 4.66. The number of nitrogens with zero attached hydrogens (tertiary/aromatic N) is 3. The summed E-state index contributed by atoms with van der Waals surface area (Å²) in [7, 11) is 1.94. The molecule has 1 saturated heterocycles. The Bertz CT molecular complexity index is 472. The highest BCUT2D eigenvalue weighted by Crippen LogP contribution is 2.15. The molecule has 1 fully saturated rings. The molecule has 5 heteroatoms. The van der Waals surface area contributed by atoms with Gasteiger partial charge >= 0.3 is 0 Å². The number of carbonyl (C=O) groups excluding carboxylic acids is 1. The first kappa shape index (κ1) is 16.0. The van der Waals surface area contributed by atoms with Crippen LogP contribution < -0.4 is 4.90 Å². The zero-order chi connectivity index (χ0) is 15.6. The van der Waals surface area contributed by atoms with Gasteiger partial charge < -0.3 is 9.80 Å². The first-order chi connectivity index (χ1) is 9.91. The van der Waals surface area contributed by atoms with Crippen molar-refractivity contribution in [1.82, 2.24) is 14.7 Å². The summed E-state index contributed by atoms with van der Waals surface area (Å²) < 4.78 is 1.81. The number of quaternary nitrogens is 1. The number of hydrogen-bond acceptors (Lipinski definition) is 2. The predicted octanol–water partition coefficient (Wildman–Crippen LogP) is 0.992. The van der Waals surface area contributed by atoms with Gasteiger partial charge in [0.1, 0.15) is 5.69 Å². The van der Waals surface area contributed by atoms with E-state index >= 15 is 0 Å². The van der Waals surface area contributed by atoms with Gasteiger partial charge in [-0.2, -0.15) is 5.10 Å². The maximum atomic E-state index is 12.7. The Hall–Kier alpha value is -1.36. The number of likely N-dealkylation sites (tertiary alicyclic amines) is 1. The van der Waals surface area contributed by atoms with E-state index in [4.69, 9.17) is 0 Å². The summed E-state index contributed by atoms with van der Waals surface area (Å²) >= 11 is 0. The molecule has 0 bridgehead atoms. The Labute approximate surface area is 127 Å². The number of aromatic nitrogens is 2. The molecule has 21 heavy (non-hydrogen) atoms. The van der Waals surface area contributed by atoms with Crippen LogP contribution in [0.15, 0.2) is 12.3 Å². The van der Waals surface area contributed by atoms with E-state index in [1.54, 1.807) is 11.1 Å². The van der Waals surface area contributed by atoms with Crippen LogP contribution in [0.4, 0.5) is 0 Å². The highest BCUT2D eigenvalue weighted by atomic mass is 16.2. The lowest BCUT2D eigenvalue weighted by molar-refractivity contribution is -0.926. The molecule has 0 spiro atoms. The van der Waals surface area contributed by atoms with E-state index in [-0.39, 0.29) is 11.9 Å². The van der Waals surface area contributed by atoms with Gasteiger partial charge in [-0.05, 0) is 33.8 Å². The summed E-state index contributed by atoms with van der Waals surface area (Å²) in [5.74, 6) is 0.0965. The molecule has 0 aliphatic carbocycles. The molecule has 1 N–H and O–H groups in total. The predicted molar refractivity (Wildman–Crippen MR) is 83.6 cm³/mol. The SMILES string of the molecule is CC(C)n1nccc1C(=O)N(C)C1CC[NH+](C(C)C)CC1. The van der Waals surface area contributed by atoms with Crippen LogP contribution in [0.3, 0.4) is 0 Å². The first-order valence-electron chi connectivity index (χ1n) is 8.07. The Kier molecular flexibility index (Phi) is 5.04. The fourth-order valence-corrected chi connectivity index (χ4v) is 3.18. The molecule has 2 rings (SSSR count). The summed E-state index contributed by atoms with van der Waals surface area (Å²) in [4.78, 5) is 16.3. The van der Waals surface area contributed by atoms with Gasteiger partial charge in [0.25, 0.3) is 5.91 Å². The van der Waals surface area contributed by atoms with Gasteiger partial charge in [0.2, 0.25) is 0 Å². The van der Waals surface area contributed by atoms with Crippen LogP contribution in [0.2, 0.25) is 0 Å². The minimum atomic E-state index is 0.0965. The van der Waals surface area contributed by atoms with Gasteiger partial charge in [-0.3, -0.25) is 9.48 Å². The monoisotopic (exact) mass is 293 g/mol. The molecule has 1 aromatic heterocycles. The molecule has 0 atom stereocenters. The number of rotatable bonds is 4. The molecule has 0 aromatic carbocycles. The van der Waals surface area contributed by atoms with Crippen LogP contribution in [-0.2, 0) is 0 Å². The highest BCUT2D eigenvalue weighted by molar-refractivity contribution is 5.92. The number of nitrogens with one attached hydrogen (secondary N) is 1. The van der Waals surface area contributed by atoms with Crippen molar-refractivity contribution >= 4 is 5.91 Å². The molecule has 0 radical (unpaired) electrons. The standard InChI is InChI=1S/C16H28N4O/c1-12(2)19-10-7-14(8-11-19)18(5)16(21)15-6-9-17-20(15)13(3)4/h6,9,12-14H,7-8,10-11H2,1-5H3/p+1. The van der Waals surface area contributed by atoms with Crippen LogP contribution in [0.25, 0.3) is 0 Å². The molecule has 1 amide bonds. The molecular weight excluding hydrogens is 264 g/mol. The molecule has 0 saturated carbocycles. The van der Waals surface area contributed by atoms with Crippen molar-refractivity contribution in [3.05, 3.63) is 18.0 Å². The molecular formula is C16H29N4O+. The Morgan fingerprint density at radius 1 is 1.33 bits per heavy atom. The van der Waals surface area contributed by atoms with E-state index in [0.717, 1.165) is 25.9 Å². The molecule has 1 aliphatic rings. The Balaban J connectivity index is 2.02. The average Bonchev–Trinajstić information content (AvgIpc) is 2.95. The van der Waals surface area contributed by atoms with Gasteiger partial charge in [-0.1, -0.05) is 0 Å². The smallest absolute Gasteiger partial charge is 0.272 e. The molecule has 2 heterocycles. The van der Waals surface area contributed by atoms with Crippen molar-refractivity contribution in [1.29, 1.82) is 0 Å². The lowest BCUT2D eigenvalue weighted by Crippen LogP contribution is -3.16. The number of amides is 1. The van der Waals surface area contributed by atoms with Crippen molar-refractivity contribution in [2.45, 2.75) is 58.7 Å². The summed E-state index contributed by atoms with van der Waals surface area (Å²) in [5, 5.41) is 4.26. The largest absolute Gasteiger partial charge is 0.337 e. The summed E-state index contributed by atoms with van der Waals surface area (Å²) in [5.41, 5.74) is 0.700. The van der Waals surface area contributed by atoms with Gasteiger partial charge in [0, 0.05) is 38.2 Å². The second-order valence-corrected chi connectivity index (χ2v) is 6.71. The fourth-order valence-electron chi connectivity index (χ4n) is 3.18. The van der Waals surface area contributed by atoms with Gasteiger partial charge in [-0.15, -0.1) is 0 Å². The average molecular weight is 293 g/mol. The molecule has 5 nitrogen and oxygen atoms in total. The van der Waals surface area contributed by atoms with Crippen molar-refractivity contribution in [3.63, 3.8) is 0 Å². The third kappa shape index (κ3) is 3.46. The third-order valence-electron chi connectivity index (χ3n) is 4.66. The van der Waals surface area contributed by atoms with Crippen LogP contribution >= 0.6 is 0 Å². The second-order valence-electron chi connectivity index (χ2n) is 6.71. The quantitative estimate of drug-likeness (QED) is 0.900. The first-order valence-corrected chi connectivity index (χ1v) is 8.07. The van der Waals surface area contributed by atoms with E-state index in [2.05, 4.69) is 18.9 Å². The van der Waals surface area contributed by atoms with Gasteiger partial charge in [0.15, 0.2) is 0 Å². The van der Waals surface area contributed by atoms with Crippen molar-refractivity contribution in [3.8, 4) is 0 Å². The van der Waals surface area contributed by atoms with Crippen molar-refractivity contribution in [2.75, 3.05) is 20.1 Å². The summed E-state index contributed by atoms with van der Waals surface area (Å²) in [6.07, 6.45) is 3.89. The normalized spacial score (nSPS) is 22.8.